The summed E-state index contributed by atoms with van der Waals surface area (Å²) in [5, 5.41) is 3.22. The molecule has 4 nitrogen and oxygen atoms in total. The Balaban J connectivity index is 1.74. The van der Waals surface area contributed by atoms with Crippen LogP contribution in [0.15, 0.2) is 42.5 Å². The number of amides is 1. The first-order chi connectivity index (χ1) is 12.1. The predicted molar refractivity (Wildman–Crippen MR) is 89.2 cm³/mol. The molecule has 130 valence electrons. The number of nitrogens with one attached hydrogen (secondary N) is 1. The molecule has 0 saturated carbocycles. The summed E-state index contributed by atoms with van der Waals surface area (Å²) in [6.45, 7) is 1.04. The lowest BCUT2D eigenvalue weighted by atomic mass is 10.0. The molecule has 1 amide bonds. The minimum atomic E-state index is -0.702. The number of para-hydroxylation sites is 1. The van der Waals surface area contributed by atoms with Crippen LogP contribution in [0.2, 0.25) is 0 Å². The Labute approximate surface area is 144 Å². The largest absolute Gasteiger partial charge is 0.376 e. The molecule has 0 bridgehead atoms. The van der Waals surface area contributed by atoms with Crippen LogP contribution in [0, 0.1) is 11.6 Å². The predicted octanol–water partition coefficient (Wildman–Crippen LogP) is 3.71. The molecule has 2 aromatic carbocycles. The molecule has 0 aromatic heterocycles. The number of benzene rings is 2. The third-order valence-electron chi connectivity index (χ3n) is 4.70. The zero-order chi connectivity index (χ0) is 17.4. The van der Waals surface area contributed by atoms with Gasteiger partial charge in [-0.2, -0.15) is 0 Å². The molecular weight excluding hydrogens is 326 g/mol. The van der Waals surface area contributed by atoms with Crippen LogP contribution in [0.4, 0.5) is 14.5 Å². The summed E-state index contributed by atoms with van der Waals surface area (Å²) in [5.74, 6) is -1.50. The number of halogens is 2. The molecule has 6 heteroatoms. The topological polar surface area (TPSA) is 41.6 Å². The number of anilines is 1. The Bertz CT molecular complexity index is 806. The van der Waals surface area contributed by atoms with Crippen LogP contribution < -0.4 is 5.32 Å². The molecule has 2 heterocycles. The minimum Gasteiger partial charge on any atom is -0.376 e. The van der Waals surface area contributed by atoms with Gasteiger partial charge >= 0.3 is 0 Å². The highest BCUT2D eigenvalue weighted by atomic mass is 19.1. The first kappa shape index (κ1) is 16.0. The van der Waals surface area contributed by atoms with E-state index in [-0.39, 0.29) is 17.6 Å². The highest BCUT2D eigenvalue weighted by Crippen LogP contribution is 2.35. The van der Waals surface area contributed by atoms with Gasteiger partial charge in [-0.25, -0.2) is 8.78 Å². The van der Waals surface area contributed by atoms with E-state index < -0.39 is 17.8 Å². The maximum Gasteiger partial charge on any atom is 0.257 e. The lowest BCUT2D eigenvalue weighted by molar-refractivity contribution is 0.0423. The van der Waals surface area contributed by atoms with Crippen molar-refractivity contribution in [3.8, 4) is 0 Å². The Morgan fingerprint density at radius 2 is 2.04 bits per heavy atom. The Morgan fingerprint density at radius 3 is 2.80 bits per heavy atom. The van der Waals surface area contributed by atoms with Crippen LogP contribution in [0.3, 0.4) is 0 Å². The lowest BCUT2D eigenvalue weighted by Gasteiger charge is -2.39. The van der Waals surface area contributed by atoms with E-state index in [1.807, 2.05) is 6.07 Å². The van der Waals surface area contributed by atoms with E-state index in [0.29, 0.717) is 24.4 Å². The molecule has 0 radical (unpaired) electrons. The Kier molecular flexibility index (Phi) is 4.13. The van der Waals surface area contributed by atoms with Gasteiger partial charge in [0.05, 0.1) is 11.7 Å². The third-order valence-corrected chi connectivity index (χ3v) is 4.70. The minimum absolute atomic E-state index is 0.0676. The van der Waals surface area contributed by atoms with Crippen LogP contribution in [0.1, 0.15) is 34.9 Å². The normalized spacial score (nSPS) is 22.6. The molecule has 0 aliphatic carbocycles. The smallest absolute Gasteiger partial charge is 0.257 e. The monoisotopic (exact) mass is 344 g/mol. The van der Waals surface area contributed by atoms with Crippen molar-refractivity contribution >= 4 is 11.6 Å². The maximum absolute atomic E-state index is 14.4. The summed E-state index contributed by atoms with van der Waals surface area (Å²) >= 11 is 0. The second-order valence-electron chi connectivity index (χ2n) is 6.35. The molecule has 2 aromatic rings. The third kappa shape index (κ3) is 2.98. The summed E-state index contributed by atoms with van der Waals surface area (Å²) < 4.78 is 33.3. The van der Waals surface area contributed by atoms with Crippen molar-refractivity contribution in [1.29, 1.82) is 0 Å². The molecule has 0 spiro atoms. The molecule has 1 N–H and O–H groups in total. The maximum atomic E-state index is 14.4. The molecule has 2 aliphatic heterocycles. The zero-order valence-electron chi connectivity index (χ0n) is 13.5. The second kappa shape index (κ2) is 6.44. The van der Waals surface area contributed by atoms with Crippen LogP contribution in [-0.2, 0) is 4.74 Å². The van der Waals surface area contributed by atoms with Crippen molar-refractivity contribution in [3.05, 3.63) is 65.2 Å². The van der Waals surface area contributed by atoms with Crippen molar-refractivity contribution in [2.75, 3.05) is 18.5 Å². The van der Waals surface area contributed by atoms with Crippen LogP contribution >= 0.6 is 0 Å². The second-order valence-corrected chi connectivity index (χ2v) is 6.35. The lowest BCUT2D eigenvalue weighted by Crippen LogP contribution is -2.46. The number of hydrogen-bond donors (Lipinski definition) is 1. The number of ether oxygens (including phenoxy) is 1. The molecular formula is C19H18F2N2O2. The van der Waals surface area contributed by atoms with Crippen LogP contribution in [-0.4, -0.2) is 30.1 Å². The SMILES string of the molecule is O=C1c2ccccc2N[C@@H](c2ccc(F)cc2F)N1C[C@@H]1CCCO1. The fourth-order valence-corrected chi connectivity index (χ4v) is 3.46. The average molecular weight is 344 g/mol. The highest BCUT2D eigenvalue weighted by Gasteiger charge is 2.36. The molecule has 25 heavy (non-hydrogen) atoms. The van der Waals surface area contributed by atoms with Gasteiger partial charge in [-0.05, 0) is 37.1 Å². The van der Waals surface area contributed by atoms with Crippen molar-refractivity contribution < 1.29 is 18.3 Å². The summed E-state index contributed by atoms with van der Waals surface area (Å²) in [5.41, 5.74) is 1.42. The van der Waals surface area contributed by atoms with E-state index in [2.05, 4.69) is 5.32 Å². The summed E-state index contributed by atoms with van der Waals surface area (Å²) in [7, 11) is 0. The van der Waals surface area contributed by atoms with Gasteiger partial charge in [0.15, 0.2) is 0 Å². The van der Waals surface area contributed by atoms with E-state index in [1.54, 1.807) is 23.1 Å². The molecule has 4 rings (SSSR count). The molecule has 0 unspecified atom stereocenters. The van der Waals surface area contributed by atoms with Gasteiger partial charge < -0.3 is 15.0 Å². The molecule has 2 atom stereocenters. The number of carbonyl (C=O) groups is 1. The van der Waals surface area contributed by atoms with Gasteiger partial charge in [0, 0.05) is 30.5 Å². The number of carbonyl (C=O) groups excluding carboxylic acids is 1. The van der Waals surface area contributed by atoms with Gasteiger partial charge in [0.2, 0.25) is 0 Å². The van der Waals surface area contributed by atoms with Crippen LogP contribution in [0.25, 0.3) is 0 Å². The molecule has 2 aliphatic rings. The Hall–Kier alpha value is -2.47. The van der Waals surface area contributed by atoms with Crippen molar-refractivity contribution in [2.45, 2.75) is 25.1 Å². The van der Waals surface area contributed by atoms with E-state index >= 15 is 0 Å². The first-order valence-corrected chi connectivity index (χ1v) is 8.36. The number of rotatable bonds is 3. The van der Waals surface area contributed by atoms with Gasteiger partial charge in [-0.1, -0.05) is 12.1 Å². The summed E-state index contributed by atoms with van der Waals surface area (Å²) in [6.07, 6.45) is 1.05. The summed E-state index contributed by atoms with van der Waals surface area (Å²) in [4.78, 5) is 14.6. The number of fused-ring (bicyclic) bond motifs is 1. The zero-order valence-corrected chi connectivity index (χ0v) is 13.5. The molecule has 1 saturated heterocycles. The van der Waals surface area contributed by atoms with Crippen molar-refractivity contribution in [3.63, 3.8) is 0 Å². The standard InChI is InChI=1S/C19H18F2N2O2/c20-12-7-8-14(16(21)10-12)18-22-17-6-2-1-5-15(17)19(24)23(18)11-13-4-3-9-25-13/h1-2,5-8,10,13,18,22H,3-4,9,11H2/t13-,18+/m0/s1. The van der Waals surface area contributed by atoms with E-state index in [4.69, 9.17) is 4.74 Å². The quantitative estimate of drug-likeness (QED) is 0.923. The average Bonchev–Trinajstić information content (AvgIpc) is 3.11. The fraction of sp³-hybridized carbons (Fsp3) is 0.316. The van der Waals surface area contributed by atoms with Crippen LogP contribution in [0.5, 0.6) is 0 Å². The number of nitrogens with zero attached hydrogens (tertiary/aromatic N) is 1. The fourth-order valence-electron chi connectivity index (χ4n) is 3.46. The first-order valence-electron chi connectivity index (χ1n) is 8.36. The van der Waals surface area contributed by atoms with Gasteiger partial charge in [-0.3, -0.25) is 4.79 Å². The van der Waals surface area contributed by atoms with Gasteiger partial charge in [0.25, 0.3) is 5.91 Å². The van der Waals surface area contributed by atoms with E-state index in [0.717, 1.165) is 18.9 Å². The van der Waals surface area contributed by atoms with Gasteiger partial charge in [0.1, 0.15) is 17.8 Å². The Morgan fingerprint density at radius 1 is 1.20 bits per heavy atom. The van der Waals surface area contributed by atoms with Crippen molar-refractivity contribution in [2.24, 2.45) is 0 Å². The highest BCUT2D eigenvalue weighted by molar-refractivity contribution is 6.01. The number of hydrogen-bond acceptors (Lipinski definition) is 3. The van der Waals surface area contributed by atoms with Gasteiger partial charge in [-0.15, -0.1) is 0 Å². The van der Waals surface area contributed by atoms with Crippen molar-refractivity contribution in [1.82, 2.24) is 4.90 Å². The van der Waals surface area contributed by atoms with E-state index in [9.17, 15) is 13.6 Å². The molecule has 1 fully saturated rings. The van der Waals surface area contributed by atoms with E-state index in [1.165, 1.54) is 12.1 Å². The summed E-state index contributed by atoms with van der Waals surface area (Å²) in [6, 6.07) is 10.6.